The molecule has 0 aliphatic rings. The zero-order chi connectivity index (χ0) is 16.5. The SMILES string of the molecule is Cc1ccc(/C=N\NC(=O)C(=O)NCCc2ccccc2)cc1. The smallest absolute Gasteiger partial charge is 0.329 e. The predicted octanol–water partition coefficient (Wildman–Crippen LogP) is 1.80. The van der Waals surface area contributed by atoms with Gasteiger partial charge in [-0.25, -0.2) is 5.43 Å². The minimum Gasteiger partial charge on any atom is -0.347 e. The Morgan fingerprint density at radius 3 is 2.39 bits per heavy atom. The molecule has 23 heavy (non-hydrogen) atoms. The van der Waals surface area contributed by atoms with Crippen LogP contribution in [0.5, 0.6) is 0 Å². The molecule has 0 aliphatic carbocycles. The lowest BCUT2D eigenvalue weighted by molar-refractivity contribution is -0.139. The second kappa shape index (κ2) is 8.48. The van der Waals surface area contributed by atoms with Gasteiger partial charge in [-0.3, -0.25) is 9.59 Å². The number of hydrogen-bond donors (Lipinski definition) is 2. The second-order valence-corrected chi connectivity index (χ2v) is 5.10. The van der Waals surface area contributed by atoms with Crippen LogP contribution in [-0.4, -0.2) is 24.6 Å². The molecule has 0 aliphatic heterocycles. The van der Waals surface area contributed by atoms with E-state index < -0.39 is 11.8 Å². The van der Waals surface area contributed by atoms with Crippen LogP contribution in [0.2, 0.25) is 0 Å². The summed E-state index contributed by atoms with van der Waals surface area (Å²) in [4.78, 5) is 23.2. The lowest BCUT2D eigenvalue weighted by Gasteiger charge is -2.04. The summed E-state index contributed by atoms with van der Waals surface area (Å²) in [5, 5.41) is 6.34. The Morgan fingerprint density at radius 1 is 1.00 bits per heavy atom. The first-order valence-electron chi connectivity index (χ1n) is 7.37. The maximum atomic E-state index is 11.6. The third-order valence-electron chi connectivity index (χ3n) is 3.21. The zero-order valence-corrected chi connectivity index (χ0v) is 13.0. The summed E-state index contributed by atoms with van der Waals surface area (Å²) in [5.41, 5.74) is 5.31. The highest BCUT2D eigenvalue weighted by Crippen LogP contribution is 2.00. The molecule has 2 N–H and O–H groups in total. The molecule has 2 aromatic rings. The average Bonchev–Trinajstić information content (AvgIpc) is 2.57. The van der Waals surface area contributed by atoms with Crippen molar-refractivity contribution in [2.75, 3.05) is 6.54 Å². The van der Waals surface area contributed by atoms with Gasteiger partial charge in [0.25, 0.3) is 0 Å². The van der Waals surface area contributed by atoms with Crippen molar-refractivity contribution in [3.05, 3.63) is 71.3 Å². The van der Waals surface area contributed by atoms with Gasteiger partial charge in [0.1, 0.15) is 0 Å². The van der Waals surface area contributed by atoms with Crippen molar-refractivity contribution in [3.8, 4) is 0 Å². The van der Waals surface area contributed by atoms with Crippen LogP contribution in [0.1, 0.15) is 16.7 Å². The molecule has 0 radical (unpaired) electrons. The Morgan fingerprint density at radius 2 is 1.70 bits per heavy atom. The molecule has 5 nitrogen and oxygen atoms in total. The topological polar surface area (TPSA) is 70.6 Å². The number of aryl methyl sites for hydroxylation is 1. The minimum atomic E-state index is -0.776. The highest BCUT2D eigenvalue weighted by atomic mass is 16.2. The molecule has 0 spiro atoms. The third-order valence-corrected chi connectivity index (χ3v) is 3.21. The van der Waals surface area contributed by atoms with Crippen LogP contribution in [0.4, 0.5) is 0 Å². The van der Waals surface area contributed by atoms with E-state index in [1.165, 1.54) is 6.21 Å². The summed E-state index contributed by atoms with van der Waals surface area (Å²) in [5.74, 6) is -1.47. The number of rotatable bonds is 5. The van der Waals surface area contributed by atoms with Crippen LogP contribution >= 0.6 is 0 Å². The maximum Gasteiger partial charge on any atom is 0.329 e. The Labute approximate surface area is 135 Å². The standard InChI is InChI=1S/C18H19N3O2/c1-14-7-9-16(10-8-14)13-20-21-18(23)17(22)19-12-11-15-5-3-2-4-6-15/h2-10,13H,11-12H2,1H3,(H,19,22)(H,21,23)/b20-13-. The number of hydrazone groups is 1. The first-order valence-corrected chi connectivity index (χ1v) is 7.37. The molecule has 0 atom stereocenters. The Kier molecular flexibility index (Phi) is 6.06. The van der Waals surface area contributed by atoms with E-state index in [-0.39, 0.29) is 0 Å². The Bertz CT molecular complexity index is 679. The molecule has 2 amide bonds. The van der Waals surface area contributed by atoms with Gasteiger partial charge in [0, 0.05) is 6.54 Å². The molecule has 0 heterocycles. The largest absolute Gasteiger partial charge is 0.347 e. The van der Waals surface area contributed by atoms with Gasteiger partial charge in [-0.1, -0.05) is 60.2 Å². The normalized spacial score (nSPS) is 10.5. The van der Waals surface area contributed by atoms with Crippen molar-refractivity contribution in [2.45, 2.75) is 13.3 Å². The molecule has 2 aromatic carbocycles. The number of hydrogen-bond acceptors (Lipinski definition) is 3. The number of nitrogens with zero attached hydrogens (tertiary/aromatic N) is 1. The fraction of sp³-hybridized carbons (Fsp3) is 0.167. The molecule has 0 saturated heterocycles. The number of nitrogens with one attached hydrogen (secondary N) is 2. The van der Waals surface area contributed by atoms with Crippen molar-refractivity contribution in [3.63, 3.8) is 0 Å². The summed E-state index contributed by atoms with van der Waals surface area (Å²) in [6, 6.07) is 17.4. The summed E-state index contributed by atoms with van der Waals surface area (Å²) < 4.78 is 0. The van der Waals surface area contributed by atoms with Gasteiger partial charge in [0.05, 0.1) is 6.21 Å². The first kappa shape index (κ1) is 16.4. The van der Waals surface area contributed by atoms with Gasteiger partial charge in [-0.15, -0.1) is 0 Å². The summed E-state index contributed by atoms with van der Waals surface area (Å²) >= 11 is 0. The molecule has 0 saturated carbocycles. The highest BCUT2D eigenvalue weighted by molar-refractivity contribution is 6.35. The number of amides is 2. The summed E-state index contributed by atoms with van der Waals surface area (Å²) in [7, 11) is 0. The fourth-order valence-corrected chi connectivity index (χ4v) is 1.91. The van der Waals surface area contributed by atoms with E-state index in [1.807, 2.05) is 61.5 Å². The van der Waals surface area contributed by atoms with Crippen molar-refractivity contribution in [1.82, 2.24) is 10.7 Å². The van der Waals surface area contributed by atoms with Gasteiger partial charge >= 0.3 is 11.8 Å². The van der Waals surface area contributed by atoms with Crippen LogP contribution in [0.15, 0.2) is 59.7 Å². The van der Waals surface area contributed by atoms with Crippen LogP contribution in [0.25, 0.3) is 0 Å². The molecule has 118 valence electrons. The van der Waals surface area contributed by atoms with Gasteiger partial charge in [0.15, 0.2) is 0 Å². The van der Waals surface area contributed by atoms with Gasteiger partial charge in [0.2, 0.25) is 0 Å². The Balaban J connectivity index is 1.72. The molecular formula is C18H19N3O2. The molecular weight excluding hydrogens is 290 g/mol. The van der Waals surface area contributed by atoms with E-state index in [1.54, 1.807) is 0 Å². The van der Waals surface area contributed by atoms with Crippen molar-refractivity contribution < 1.29 is 9.59 Å². The lowest BCUT2D eigenvalue weighted by Crippen LogP contribution is -2.38. The van der Waals surface area contributed by atoms with Crippen molar-refractivity contribution in [1.29, 1.82) is 0 Å². The quantitative estimate of drug-likeness (QED) is 0.502. The summed E-state index contributed by atoms with van der Waals surface area (Å²) in [6.07, 6.45) is 2.17. The fourth-order valence-electron chi connectivity index (χ4n) is 1.91. The number of carbonyl (C=O) groups excluding carboxylic acids is 2. The average molecular weight is 309 g/mol. The molecule has 5 heteroatoms. The van der Waals surface area contributed by atoms with E-state index in [9.17, 15) is 9.59 Å². The van der Waals surface area contributed by atoms with E-state index in [0.29, 0.717) is 13.0 Å². The van der Waals surface area contributed by atoms with Gasteiger partial charge in [-0.2, -0.15) is 5.10 Å². The monoisotopic (exact) mass is 309 g/mol. The maximum absolute atomic E-state index is 11.6. The predicted molar refractivity (Wildman–Crippen MR) is 90.1 cm³/mol. The van der Waals surface area contributed by atoms with Gasteiger partial charge < -0.3 is 5.32 Å². The van der Waals surface area contributed by atoms with Crippen molar-refractivity contribution in [2.24, 2.45) is 5.10 Å². The molecule has 0 bridgehead atoms. The number of carbonyl (C=O) groups is 2. The van der Waals surface area contributed by atoms with Crippen LogP contribution in [0, 0.1) is 6.92 Å². The molecule has 0 aromatic heterocycles. The summed E-state index contributed by atoms with van der Waals surface area (Å²) in [6.45, 7) is 2.39. The highest BCUT2D eigenvalue weighted by Gasteiger charge is 2.11. The zero-order valence-electron chi connectivity index (χ0n) is 13.0. The lowest BCUT2D eigenvalue weighted by atomic mass is 10.1. The van der Waals surface area contributed by atoms with E-state index in [2.05, 4.69) is 15.8 Å². The van der Waals surface area contributed by atoms with E-state index in [0.717, 1.165) is 16.7 Å². The first-order chi connectivity index (χ1) is 11.1. The molecule has 0 fully saturated rings. The minimum absolute atomic E-state index is 0.401. The second-order valence-electron chi connectivity index (χ2n) is 5.10. The molecule has 2 rings (SSSR count). The molecule has 0 unspecified atom stereocenters. The van der Waals surface area contributed by atoms with Crippen LogP contribution < -0.4 is 10.7 Å². The van der Waals surface area contributed by atoms with Crippen molar-refractivity contribution >= 4 is 18.0 Å². The number of benzene rings is 2. The third kappa shape index (κ3) is 5.74. The van der Waals surface area contributed by atoms with E-state index >= 15 is 0 Å². The van der Waals surface area contributed by atoms with Crippen LogP contribution in [0.3, 0.4) is 0 Å². The van der Waals surface area contributed by atoms with E-state index in [4.69, 9.17) is 0 Å². The van der Waals surface area contributed by atoms with Gasteiger partial charge in [-0.05, 0) is 24.5 Å². The van der Waals surface area contributed by atoms with Crippen LogP contribution in [-0.2, 0) is 16.0 Å². The Hall–Kier alpha value is -2.95.